The summed E-state index contributed by atoms with van der Waals surface area (Å²) in [5, 5.41) is 3.45. The maximum absolute atomic E-state index is 3.45. The molecule has 2 fully saturated rings. The van der Waals surface area contributed by atoms with Crippen molar-refractivity contribution in [1.82, 2.24) is 10.2 Å². The van der Waals surface area contributed by atoms with E-state index >= 15 is 0 Å². The molecule has 1 N–H and O–H groups in total. The molecule has 14 heavy (non-hydrogen) atoms. The lowest BCUT2D eigenvalue weighted by Crippen LogP contribution is -2.44. The van der Waals surface area contributed by atoms with Crippen LogP contribution in [0.25, 0.3) is 0 Å². The van der Waals surface area contributed by atoms with E-state index < -0.39 is 0 Å². The molecule has 0 aromatic carbocycles. The molecule has 2 aliphatic rings. The van der Waals surface area contributed by atoms with Crippen LogP contribution in [0, 0.1) is 0 Å². The van der Waals surface area contributed by atoms with Crippen LogP contribution in [0.15, 0.2) is 0 Å². The summed E-state index contributed by atoms with van der Waals surface area (Å²) in [7, 11) is 0. The number of nitrogens with one attached hydrogen (secondary N) is 1. The van der Waals surface area contributed by atoms with E-state index in [-0.39, 0.29) is 24.8 Å². The maximum atomic E-state index is 3.45. The molecule has 2 aliphatic heterocycles. The van der Waals surface area contributed by atoms with E-state index in [4.69, 9.17) is 0 Å². The first-order valence-corrected chi connectivity index (χ1v) is 6.23. The Morgan fingerprint density at radius 1 is 1.14 bits per heavy atom. The number of rotatable bonds is 1. The number of hydrogen-bond acceptors (Lipinski definition) is 2. The van der Waals surface area contributed by atoms with Crippen LogP contribution >= 0.6 is 47.4 Å². The van der Waals surface area contributed by atoms with E-state index in [2.05, 4.69) is 32.8 Å². The average molecular weight is 353 g/mol. The fourth-order valence-corrected chi connectivity index (χ4v) is 3.42. The van der Waals surface area contributed by atoms with Gasteiger partial charge in [0.05, 0.1) is 4.05 Å². The molecule has 0 bridgehead atoms. The highest BCUT2D eigenvalue weighted by atomic mass is 127. The van der Waals surface area contributed by atoms with Gasteiger partial charge in [0, 0.05) is 12.6 Å². The number of halogens is 3. The van der Waals surface area contributed by atoms with Crippen molar-refractivity contribution in [3.63, 3.8) is 0 Å². The standard InChI is InChI=1S/C9H17IN2.2ClH/c10-9-3-1-2-6-12(9)8-4-5-11-7-8;;/h8-9,11H,1-7H2;2*1H. The molecule has 86 valence electrons. The van der Waals surface area contributed by atoms with Gasteiger partial charge in [-0.25, -0.2) is 0 Å². The van der Waals surface area contributed by atoms with E-state index in [0.717, 1.165) is 10.1 Å². The van der Waals surface area contributed by atoms with Crippen LogP contribution in [0.1, 0.15) is 25.7 Å². The predicted octanol–water partition coefficient (Wildman–Crippen LogP) is 2.44. The van der Waals surface area contributed by atoms with Gasteiger partial charge >= 0.3 is 0 Å². The summed E-state index contributed by atoms with van der Waals surface area (Å²) in [5.74, 6) is 0. The van der Waals surface area contributed by atoms with Crippen LogP contribution in [0.5, 0.6) is 0 Å². The second kappa shape index (κ2) is 7.49. The molecule has 2 rings (SSSR count). The van der Waals surface area contributed by atoms with Crippen molar-refractivity contribution in [2.45, 2.75) is 35.8 Å². The molecule has 0 aromatic rings. The van der Waals surface area contributed by atoms with E-state index in [1.54, 1.807) is 0 Å². The molecule has 2 unspecified atom stereocenters. The molecule has 5 heteroatoms. The van der Waals surface area contributed by atoms with Crippen molar-refractivity contribution in [3.8, 4) is 0 Å². The normalized spacial score (nSPS) is 33.2. The van der Waals surface area contributed by atoms with Crippen LogP contribution in [-0.4, -0.2) is 34.6 Å². The topological polar surface area (TPSA) is 15.3 Å². The summed E-state index contributed by atoms with van der Waals surface area (Å²) in [6, 6.07) is 0.840. The molecule has 2 nitrogen and oxygen atoms in total. The van der Waals surface area contributed by atoms with Crippen LogP contribution in [0.4, 0.5) is 0 Å². The van der Waals surface area contributed by atoms with Gasteiger partial charge in [-0.1, -0.05) is 22.6 Å². The summed E-state index contributed by atoms with van der Waals surface area (Å²) < 4.78 is 0.807. The summed E-state index contributed by atoms with van der Waals surface area (Å²) in [5.41, 5.74) is 0. The summed E-state index contributed by atoms with van der Waals surface area (Å²) >= 11 is 2.61. The van der Waals surface area contributed by atoms with Crippen LogP contribution in [-0.2, 0) is 0 Å². The molecular formula is C9H19Cl2IN2. The van der Waals surface area contributed by atoms with E-state index in [9.17, 15) is 0 Å². The average Bonchev–Trinajstić information content (AvgIpc) is 2.57. The van der Waals surface area contributed by atoms with Gasteiger partial charge in [-0.3, -0.25) is 4.90 Å². The Labute approximate surface area is 113 Å². The monoisotopic (exact) mass is 352 g/mol. The second-order valence-electron chi connectivity index (χ2n) is 3.81. The van der Waals surface area contributed by atoms with E-state index in [1.165, 1.54) is 45.3 Å². The number of likely N-dealkylation sites (tertiary alicyclic amines) is 1. The van der Waals surface area contributed by atoms with Gasteiger partial charge in [0.15, 0.2) is 0 Å². The van der Waals surface area contributed by atoms with Crippen molar-refractivity contribution in [2.24, 2.45) is 0 Å². The minimum atomic E-state index is 0. The van der Waals surface area contributed by atoms with Gasteiger partial charge in [0.1, 0.15) is 0 Å². The number of hydrogen-bond donors (Lipinski definition) is 1. The first-order valence-electron chi connectivity index (χ1n) is 4.98. The van der Waals surface area contributed by atoms with Gasteiger partial charge in [-0.2, -0.15) is 0 Å². The smallest absolute Gasteiger partial charge is 0.0621 e. The first-order chi connectivity index (χ1) is 5.88. The van der Waals surface area contributed by atoms with Gasteiger partial charge < -0.3 is 5.32 Å². The fraction of sp³-hybridized carbons (Fsp3) is 1.00. The third-order valence-electron chi connectivity index (χ3n) is 2.97. The molecule has 0 radical (unpaired) electrons. The SMILES string of the molecule is Cl.Cl.IC1CCCCN1C1CCNC1. The maximum Gasteiger partial charge on any atom is 0.0621 e. The lowest BCUT2D eigenvalue weighted by molar-refractivity contribution is 0.162. The zero-order valence-corrected chi connectivity index (χ0v) is 12.0. The zero-order valence-electron chi connectivity index (χ0n) is 8.25. The van der Waals surface area contributed by atoms with Crippen molar-refractivity contribution < 1.29 is 0 Å². The minimum Gasteiger partial charge on any atom is -0.315 e. The van der Waals surface area contributed by atoms with Gasteiger partial charge in [0.2, 0.25) is 0 Å². The molecule has 0 aromatic heterocycles. The van der Waals surface area contributed by atoms with Gasteiger partial charge in [0.25, 0.3) is 0 Å². The highest BCUT2D eigenvalue weighted by molar-refractivity contribution is 14.1. The minimum absolute atomic E-state index is 0. The van der Waals surface area contributed by atoms with Gasteiger partial charge in [-0.15, -0.1) is 24.8 Å². The van der Waals surface area contributed by atoms with Crippen molar-refractivity contribution >= 4 is 47.4 Å². The Morgan fingerprint density at radius 2 is 1.93 bits per heavy atom. The lowest BCUT2D eigenvalue weighted by atomic mass is 10.1. The van der Waals surface area contributed by atoms with Gasteiger partial charge in [-0.05, 0) is 38.8 Å². The first kappa shape index (κ1) is 15.2. The fourth-order valence-electron chi connectivity index (χ4n) is 2.25. The largest absolute Gasteiger partial charge is 0.315 e. The quantitative estimate of drug-likeness (QED) is 0.443. The number of piperidine rings is 1. The van der Waals surface area contributed by atoms with Crippen LogP contribution in [0.2, 0.25) is 0 Å². The van der Waals surface area contributed by atoms with E-state index in [0.29, 0.717) is 0 Å². The van der Waals surface area contributed by atoms with Crippen LogP contribution in [0.3, 0.4) is 0 Å². The van der Waals surface area contributed by atoms with Crippen molar-refractivity contribution in [1.29, 1.82) is 0 Å². The van der Waals surface area contributed by atoms with Crippen molar-refractivity contribution in [3.05, 3.63) is 0 Å². The Balaban J connectivity index is 0.000000845. The Morgan fingerprint density at radius 3 is 2.50 bits per heavy atom. The Bertz CT molecular complexity index is 154. The number of nitrogens with zero attached hydrogens (tertiary/aromatic N) is 1. The Kier molecular flexibility index (Phi) is 8.15. The molecule has 2 heterocycles. The molecule has 2 atom stereocenters. The summed E-state index contributed by atoms with van der Waals surface area (Å²) in [6.07, 6.45) is 5.61. The number of alkyl halides is 1. The highest BCUT2D eigenvalue weighted by Gasteiger charge is 2.28. The second-order valence-corrected chi connectivity index (χ2v) is 5.25. The third-order valence-corrected chi connectivity index (χ3v) is 4.31. The zero-order chi connectivity index (χ0) is 8.39. The molecular weight excluding hydrogens is 334 g/mol. The molecule has 0 spiro atoms. The molecule has 0 saturated carbocycles. The van der Waals surface area contributed by atoms with Crippen LogP contribution < -0.4 is 5.32 Å². The lowest BCUT2D eigenvalue weighted by Gasteiger charge is -2.36. The Hall–Kier alpha value is 1.23. The molecule has 0 aliphatic carbocycles. The summed E-state index contributed by atoms with van der Waals surface area (Å²) in [4.78, 5) is 2.70. The van der Waals surface area contributed by atoms with Crippen molar-refractivity contribution in [2.75, 3.05) is 19.6 Å². The predicted molar refractivity (Wildman–Crippen MR) is 74.1 cm³/mol. The highest BCUT2D eigenvalue weighted by Crippen LogP contribution is 2.25. The summed E-state index contributed by atoms with van der Waals surface area (Å²) in [6.45, 7) is 3.78. The molecule has 0 amide bonds. The third kappa shape index (κ3) is 3.67. The van der Waals surface area contributed by atoms with E-state index in [1.807, 2.05) is 0 Å². The molecule has 2 saturated heterocycles.